The van der Waals surface area contributed by atoms with Crippen molar-refractivity contribution in [2.24, 2.45) is 0 Å². The van der Waals surface area contributed by atoms with E-state index in [0.29, 0.717) is 25.7 Å². The summed E-state index contributed by atoms with van der Waals surface area (Å²) in [5, 5.41) is 0. The fraction of sp³-hybridized carbons (Fsp3) is 0.481. The van der Waals surface area contributed by atoms with E-state index in [-0.39, 0.29) is 47.8 Å². The van der Waals surface area contributed by atoms with Gasteiger partial charge in [0.05, 0.1) is 9.79 Å². The van der Waals surface area contributed by atoms with Crippen molar-refractivity contribution >= 4 is 41.6 Å². The predicted octanol–water partition coefficient (Wildman–Crippen LogP) is 4.75. The van der Waals surface area contributed by atoms with Gasteiger partial charge in [-0.2, -0.15) is 26.3 Å². The summed E-state index contributed by atoms with van der Waals surface area (Å²) in [7, 11) is -0.771. The van der Waals surface area contributed by atoms with Crippen molar-refractivity contribution < 1.29 is 52.8 Å². The first kappa shape index (κ1) is 36.6. The number of rotatable bonds is 5. The maximum absolute atomic E-state index is 12.4. The first-order valence-corrected chi connectivity index (χ1v) is 17.3. The average Bonchev–Trinajstić information content (AvgIpc) is 2.99. The van der Waals surface area contributed by atoms with Crippen LogP contribution in [-0.2, 0) is 28.7 Å². The number of halogens is 7. The van der Waals surface area contributed by atoms with Crippen LogP contribution in [0.5, 0.6) is 0 Å². The number of carbonyl (C=O) groups excluding carboxylic acids is 2. The molecule has 2 aliphatic rings. The summed E-state index contributed by atoms with van der Waals surface area (Å²) in [6.07, 6.45) is -8.05. The Morgan fingerprint density at radius 3 is 1.24 bits per heavy atom. The van der Waals surface area contributed by atoms with Crippen LogP contribution in [-0.4, -0.2) is 84.0 Å². The number of hydrogen-bond acceptors (Lipinski definition) is 6. The smallest absolute Gasteiger partial charge is 0.335 e. The molecule has 0 radical (unpaired) electrons. The van der Waals surface area contributed by atoms with Gasteiger partial charge in [-0.25, -0.2) is 21.6 Å². The molecule has 0 spiro atoms. The lowest BCUT2D eigenvalue weighted by Crippen LogP contribution is -2.45. The Labute approximate surface area is 261 Å². The SMILES string of the molecule is CNS(=O)(=O)c1ccc(C2CCN(C(=O)C(F)(F)F)CC2)cc1.O=C(N1CCC(c2ccc(S(=O)(=O)Cl)cc2)CC1)C(F)(F)F. The van der Waals surface area contributed by atoms with Crippen molar-refractivity contribution in [3.8, 4) is 0 Å². The molecule has 2 amide bonds. The van der Waals surface area contributed by atoms with Gasteiger partial charge in [-0.05, 0) is 80.0 Å². The van der Waals surface area contributed by atoms with Crippen LogP contribution >= 0.6 is 10.7 Å². The van der Waals surface area contributed by atoms with E-state index in [1.807, 2.05) is 0 Å². The van der Waals surface area contributed by atoms with Gasteiger partial charge in [0.15, 0.2) is 0 Å². The van der Waals surface area contributed by atoms with Gasteiger partial charge >= 0.3 is 24.2 Å². The van der Waals surface area contributed by atoms with Crippen LogP contribution in [0.4, 0.5) is 26.3 Å². The number of carbonyl (C=O) groups is 2. The highest BCUT2D eigenvalue weighted by molar-refractivity contribution is 8.13. The zero-order valence-corrected chi connectivity index (χ0v) is 26.1. The second kappa shape index (κ2) is 14.3. The monoisotopic (exact) mass is 705 g/mol. The molecule has 18 heteroatoms. The van der Waals surface area contributed by atoms with Gasteiger partial charge < -0.3 is 9.80 Å². The van der Waals surface area contributed by atoms with Gasteiger partial charge in [0, 0.05) is 36.9 Å². The molecule has 1 N–H and O–H groups in total. The van der Waals surface area contributed by atoms with Crippen molar-refractivity contribution in [3.05, 3.63) is 59.7 Å². The number of amides is 2. The maximum atomic E-state index is 12.4. The highest BCUT2D eigenvalue weighted by Gasteiger charge is 2.44. The van der Waals surface area contributed by atoms with Gasteiger partial charge in [-0.1, -0.05) is 24.3 Å². The Hall–Kier alpha value is -2.89. The molecular formula is C27H30ClF6N3O6S2. The van der Waals surface area contributed by atoms with E-state index in [1.54, 1.807) is 24.3 Å². The summed E-state index contributed by atoms with van der Waals surface area (Å²) < 4.78 is 122. The van der Waals surface area contributed by atoms with E-state index in [2.05, 4.69) is 4.72 Å². The number of sulfonamides is 1. The molecular weight excluding hydrogens is 676 g/mol. The zero-order valence-electron chi connectivity index (χ0n) is 23.7. The lowest BCUT2D eigenvalue weighted by molar-refractivity contribution is -0.186. The molecule has 0 unspecified atom stereocenters. The molecule has 2 aromatic carbocycles. The van der Waals surface area contributed by atoms with E-state index in [1.165, 1.54) is 31.3 Å². The van der Waals surface area contributed by atoms with E-state index in [9.17, 15) is 52.8 Å². The van der Waals surface area contributed by atoms with Crippen LogP contribution < -0.4 is 4.72 Å². The summed E-state index contributed by atoms with van der Waals surface area (Å²) in [6, 6.07) is 12.2. The largest absolute Gasteiger partial charge is 0.471 e. The maximum Gasteiger partial charge on any atom is 0.471 e. The molecule has 250 valence electrons. The summed E-state index contributed by atoms with van der Waals surface area (Å²) in [4.78, 5) is 24.0. The molecule has 2 saturated heterocycles. The fourth-order valence-corrected chi connectivity index (χ4v) is 6.63. The molecule has 2 fully saturated rings. The molecule has 2 heterocycles. The van der Waals surface area contributed by atoms with Gasteiger partial charge in [0.1, 0.15) is 0 Å². The number of nitrogens with zero attached hydrogens (tertiary/aromatic N) is 2. The van der Waals surface area contributed by atoms with Gasteiger partial charge in [-0.3, -0.25) is 9.59 Å². The highest BCUT2D eigenvalue weighted by Crippen LogP contribution is 2.32. The fourth-order valence-electron chi connectivity index (χ4n) is 5.13. The van der Waals surface area contributed by atoms with Gasteiger partial charge in [0.2, 0.25) is 10.0 Å². The van der Waals surface area contributed by atoms with Gasteiger partial charge in [-0.15, -0.1) is 0 Å². The minimum Gasteiger partial charge on any atom is -0.335 e. The zero-order chi connectivity index (χ0) is 33.8. The normalized spacial score (nSPS) is 17.4. The third-order valence-electron chi connectivity index (χ3n) is 7.61. The van der Waals surface area contributed by atoms with E-state index in [4.69, 9.17) is 10.7 Å². The summed E-state index contributed by atoms with van der Waals surface area (Å²) >= 11 is 0. The van der Waals surface area contributed by atoms with E-state index < -0.39 is 43.2 Å². The van der Waals surface area contributed by atoms with Crippen LogP contribution in [0.3, 0.4) is 0 Å². The third-order valence-corrected chi connectivity index (χ3v) is 10.4. The van der Waals surface area contributed by atoms with Crippen molar-refractivity contribution in [1.82, 2.24) is 14.5 Å². The molecule has 0 aromatic heterocycles. The third kappa shape index (κ3) is 9.80. The lowest BCUT2D eigenvalue weighted by atomic mass is 9.89. The molecule has 2 aliphatic heterocycles. The summed E-state index contributed by atoms with van der Waals surface area (Å²) in [5.41, 5.74) is 1.68. The van der Waals surface area contributed by atoms with Crippen molar-refractivity contribution in [2.45, 2.75) is 59.7 Å². The van der Waals surface area contributed by atoms with Crippen LogP contribution in [0.25, 0.3) is 0 Å². The quantitative estimate of drug-likeness (QED) is 0.355. The van der Waals surface area contributed by atoms with Crippen molar-refractivity contribution in [3.63, 3.8) is 0 Å². The number of nitrogens with one attached hydrogen (secondary N) is 1. The molecule has 45 heavy (non-hydrogen) atoms. The summed E-state index contributed by atoms with van der Waals surface area (Å²) in [5.74, 6) is -3.61. The molecule has 9 nitrogen and oxygen atoms in total. The minimum atomic E-state index is -4.84. The molecule has 4 rings (SSSR count). The van der Waals surface area contributed by atoms with E-state index in [0.717, 1.165) is 20.9 Å². The number of piperidine rings is 2. The number of benzene rings is 2. The van der Waals surface area contributed by atoms with E-state index >= 15 is 0 Å². The minimum absolute atomic E-state index is 0.00985. The topological polar surface area (TPSA) is 121 Å². The number of likely N-dealkylation sites (tertiary alicyclic amines) is 2. The Balaban J connectivity index is 0.000000246. The summed E-state index contributed by atoms with van der Waals surface area (Å²) in [6.45, 7) is 0.135. The molecule has 2 aromatic rings. The van der Waals surface area contributed by atoms with Crippen LogP contribution in [0.1, 0.15) is 48.6 Å². The predicted molar refractivity (Wildman–Crippen MR) is 151 cm³/mol. The Bertz CT molecular complexity index is 1550. The van der Waals surface area contributed by atoms with Crippen molar-refractivity contribution in [1.29, 1.82) is 0 Å². The molecule has 0 bridgehead atoms. The van der Waals surface area contributed by atoms with Crippen LogP contribution in [0, 0.1) is 0 Å². The number of hydrogen-bond donors (Lipinski definition) is 1. The first-order valence-electron chi connectivity index (χ1n) is 13.5. The molecule has 0 atom stereocenters. The molecule has 0 aliphatic carbocycles. The second-order valence-electron chi connectivity index (χ2n) is 10.4. The standard InChI is InChI=1S/C14H17F3N2O3S.C13H13ClF3NO3S/c1-18-23(21,22)12-4-2-10(3-5-12)11-6-8-19(9-7-11)13(20)14(15,16)17;14-22(20,21)11-3-1-9(2-4-11)10-5-7-18(8-6-10)12(19)13(15,16)17/h2-5,11,18H,6-9H2,1H3;1-4,10H,5-8H2. The Morgan fingerprint density at radius 2 is 0.978 bits per heavy atom. The number of alkyl halides is 6. The Morgan fingerprint density at radius 1 is 0.667 bits per heavy atom. The Kier molecular flexibility index (Phi) is 11.6. The lowest BCUT2D eigenvalue weighted by Gasteiger charge is -2.32. The first-order chi connectivity index (χ1) is 20.7. The average molecular weight is 706 g/mol. The highest BCUT2D eigenvalue weighted by atomic mass is 35.7. The second-order valence-corrected chi connectivity index (χ2v) is 14.9. The van der Waals surface area contributed by atoms with Crippen LogP contribution in [0.2, 0.25) is 0 Å². The molecule has 0 saturated carbocycles. The van der Waals surface area contributed by atoms with Gasteiger partial charge in [0.25, 0.3) is 9.05 Å². The van der Waals surface area contributed by atoms with Crippen LogP contribution in [0.15, 0.2) is 58.3 Å². The van der Waals surface area contributed by atoms with Crippen molar-refractivity contribution in [2.75, 3.05) is 33.2 Å².